The molecule has 194 valence electrons. The average Bonchev–Trinajstić information content (AvgIpc) is 2.86. The molecule has 3 heterocycles. The molecule has 0 aliphatic carbocycles. The maximum atomic E-state index is 13.8. The number of rotatable bonds is 6. The molecule has 0 saturated carbocycles. The third-order valence-corrected chi connectivity index (χ3v) is 5.98. The smallest absolute Gasteiger partial charge is 0.274 e. The van der Waals surface area contributed by atoms with Gasteiger partial charge in [-0.05, 0) is 32.9 Å². The molecule has 11 nitrogen and oxygen atoms in total. The number of amides is 2. The van der Waals surface area contributed by atoms with Gasteiger partial charge in [0.15, 0.2) is 17.4 Å². The molecule has 37 heavy (non-hydrogen) atoms. The van der Waals surface area contributed by atoms with Crippen molar-refractivity contribution in [2.75, 3.05) is 25.0 Å². The Labute approximate surface area is 210 Å². The molecule has 2 amide bonds. The van der Waals surface area contributed by atoms with Gasteiger partial charge in [0.25, 0.3) is 11.5 Å². The molecule has 2 aromatic heterocycles. The minimum absolute atomic E-state index is 0.0314. The fourth-order valence-corrected chi connectivity index (χ4v) is 4.00. The van der Waals surface area contributed by atoms with Crippen molar-refractivity contribution in [1.82, 2.24) is 29.7 Å². The number of piperazine rings is 1. The van der Waals surface area contributed by atoms with Crippen molar-refractivity contribution in [3.05, 3.63) is 70.7 Å². The lowest BCUT2D eigenvalue weighted by Gasteiger charge is -2.48. The Morgan fingerprint density at radius 1 is 1.14 bits per heavy atom. The standard InChI is InChI=1S/C24H25F2N7O4/c1-14(32-6-7-33(24(2,3)13-32)23(36)17-9-29-20(34)11-27-17)22(35)31-19-10-30-21(12-28-19)37-18-5-4-15(25)8-16(18)26/h4-5,8-12,14H,6-7,13H2,1-3H3,(H,29,34)(H,28,31,35)/t14-/m0/s1. The summed E-state index contributed by atoms with van der Waals surface area (Å²) in [6.45, 7) is 6.74. The minimum atomic E-state index is -0.882. The number of halogens is 2. The highest BCUT2D eigenvalue weighted by Gasteiger charge is 2.40. The van der Waals surface area contributed by atoms with E-state index in [0.29, 0.717) is 25.7 Å². The Kier molecular flexibility index (Phi) is 7.25. The molecule has 0 radical (unpaired) electrons. The highest BCUT2D eigenvalue weighted by molar-refractivity contribution is 5.94. The zero-order chi connectivity index (χ0) is 26.7. The number of ether oxygens (including phenoxy) is 1. The van der Waals surface area contributed by atoms with E-state index >= 15 is 0 Å². The molecule has 1 aliphatic rings. The van der Waals surface area contributed by atoms with Gasteiger partial charge in [0.1, 0.15) is 11.5 Å². The number of carbonyl (C=O) groups excluding carboxylic acids is 2. The molecule has 1 atom stereocenters. The highest BCUT2D eigenvalue weighted by atomic mass is 19.1. The van der Waals surface area contributed by atoms with Crippen LogP contribution in [0.15, 0.2) is 47.8 Å². The van der Waals surface area contributed by atoms with Gasteiger partial charge in [0.2, 0.25) is 11.8 Å². The van der Waals surface area contributed by atoms with Crippen LogP contribution in [0.2, 0.25) is 0 Å². The van der Waals surface area contributed by atoms with Gasteiger partial charge < -0.3 is 19.9 Å². The predicted molar refractivity (Wildman–Crippen MR) is 128 cm³/mol. The van der Waals surface area contributed by atoms with E-state index in [1.54, 1.807) is 11.8 Å². The van der Waals surface area contributed by atoms with Crippen LogP contribution >= 0.6 is 0 Å². The largest absolute Gasteiger partial charge is 0.434 e. The van der Waals surface area contributed by atoms with E-state index in [9.17, 15) is 23.2 Å². The Morgan fingerprint density at radius 3 is 2.54 bits per heavy atom. The first-order valence-electron chi connectivity index (χ1n) is 11.4. The molecule has 1 saturated heterocycles. The first kappa shape index (κ1) is 25.8. The van der Waals surface area contributed by atoms with Gasteiger partial charge in [-0.25, -0.2) is 23.7 Å². The van der Waals surface area contributed by atoms with E-state index in [1.165, 1.54) is 18.6 Å². The molecule has 0 bridgehead atoms. The molecule has 3 aromatic rings. The molecule has 0 unspecified atom stereocenters. The number of anilines is 1. The van der Waals surface area contributed by atoms with Crippen LogP contribution in [0.3, 0.4) is 0 Å². The van der Waals surface area contributed by atoms with Crippen molar-refractivity contribution in [1.29, 1.82) is 0 Å². The predicted octanol–water partition coefficient (Wildman–Crippen LogP) is 2.19. The van der Waals surface area contributed by atoms with E-state index in [2.05, 4.69) is 25.3 Å². The second-order valence-corrected chi connectivity index (χ2v) is 9.12. The molecule has 1 fully saturated rings. The lowest BCUT2D eigenvalue weighted by Crippen LogP contribution is -2.63. The number of nitrogens with zero attached hydrogens (tertiary/aromatic N) is 5. The number of benzene rings is 1. The fraction of sp³-hybridized carbons (Fsp3) is 0.333. The maximum absolute atomic E-state index is 13.8. The first-order chi connectivity index (χ1) is 17.5. The van der Waals surface area contributed by atoms with Gasteiger partial charge in [-0.1, -0.05) is 0 Å². The lowest BCUT2D eigenvalue weighted by molar-refractivity contribution is -0.122. The molecular formula is C24H25F2N7O4. The summed E-state index contributed by atoms with van der Waals surface area (Å²) in [6.07, 6.45) is 4.82. The van der Waals surface area contributed by atoms with Gasteiger partial charge >= 0.3 is 0 Å². The quantitative estimate of drug-likeness (QED) is 0.513. The third-order valence-electron chi connectivity index (χ3n) is 5.98. The van der Waals surface area contributed by atoms with Crippen molar-refractivity contribution >= 4 is 17.6 Å². The van der Waals surface area contributed by atoms with E-state index < -0.39 is 28.8 Å². The van der Waals surface area contributed by atoms with Crippen molar-refractivity contribution in [2.24, 2.45) is 0 Å². The summed E-state index contributed by atoms with van der Waals surface area (Å²) >= 11 is 0. The number of aromatic nitrogens is 4. The van der Waals surface area contributed by atoms with Crippen LogP contribution in [0, 0.1) is 11.6 Å². The SMILES string of the molecule is C[C@@H](C(=O)Nc1cnc(Oc2ccc(F)cc2F)cn1)N1CCN(C(=O)c2c[nH]c(=O)cn2)C(C)(C)C1. The minimum Gasteiger partial charge on any atom is -0.434 e. The van der Waals surface area contributed by atoms with Crippen molar-refractivity contribution < 1.29 is 23.1 Å². The van der Waals surface area contributed by atoms with Crippen LogP contribution in [-0.4, -0.2) is 72.8 Å². The van der Waals surface area contributed by atoms with Crippen LogP contribution in [0.5, 0.6) is 11.6 Å². The van der Waals surface area contributed by atoms with Gasteiger partial charge in [-0.15, -0.1) is 0 Å². The van der Waals surface area contributed by atoms with Crippen LogP contribution in [0.4, 0.5) is 14.6 Å². The second kappa shape index (κ2) is 10.4. The normalized spacial score (nSPS) is 16.2. The zero-order valence-electron chi connectivity index (χ0n) is 20.4. The zero-order valence-corrected chi connectivity index (χ0v) is 20.4. The van der Waals surface area contributed by atoms with Gasteiger partial charge in [0, 0.05) is 31.9 Å². The lowest BCUT2D eigenvalue weighted by atomic mass is 9.97. The van der Waals surface area contributed by atoms with E-state index in [4.69, 9.17) is 4.74 Å². The van der Waals surface area contributed by atoms with Crippen molar-refractivity contribution in [3.8, 4) is 11.6 Å². The van der Waals surface area contributed by atoms with Crippen LogP contribution < -0.4 is 15.6 Å². The number of aromatic amines is 1. The number of hydrogen-bond acceptors (Lipinski definition) is 8. The fourth-order valence-electron chi connectivity index (χ4n) is 4.00. The van der Waals surface area contributed by atoms with Gasteiger partial charge in [-0.3, -0.25) is 19.3 Å². The number of hydrogen-bond donors (Lipinski definition) is 2. The molecule has 0 spiro atoms. The van der Waals surface area contributed by atoms with Crippen LogP contribution in [-0.2, 0) is 4.79 Å². The molecular weight excluding hydrogens is 488 g/mol. The Balaban J connectivity index is 1.35. The molecule has 1 aliphatic heterocycles. The van der Waals surface area contributed by atoms with Crippen LogP contribution in [0.25, 0.3) is 0 Å². The third kappa shape index (κ3) is 5.94. The second-order valence-electron chi connectivity index (χ2n) is 9.12. The van der Waals surface area contributed by atoms with Crippen molar-refractivity contribution in [3.63, 3.8) is 0 Å². The van der Waals surface area contributed by atoms with E-state index in [-0.39, 0.29) is 35.0 Å². The molecule has 2 N–H and O–H groups in total. The Bertz CT molecular complexity index is 1340. The Morgan fingerprint density at radius 2 is 1.92 bits per heavy atom. The number of carbonyl (C=O) groups is 2. The van der Waals surface area contributed by atoms with Crippen molar-refractivity contribution in [2.45, 2.75) is 32.4 Å². The summed E-state index contributed by atoms with van der Waals surface area (Å²) in [7, 11) is 0. The van der Waals surface area contributed by atoms with Gasteiger partial charge in [-0.2, -0.15) is 0 Å². The monoisotopic (exact) mass is 513 g/mol. The summed E-state index contributed by atoms with van der Waals surface area (Å²) in [5.41, 5.74) is -0.870. The summed E-state index contributed by atoms with van der Waals surface area (Å²) in [4.78, 5) is 55.1. The van der Waals surface area contributed by atoms with Crippen LogP contribution in [0.1, 0.15) is 31.3 Å². The summed E-state index contributed by atoms with van der Waals surface area (Å²) in [5.74, 6) is -2.32. The maximum Gasteiger partial charge on any atom is 0.274 e. The van der Waals surface area contributed by atoms with E-state index in [0.717, 1.165) is 18.3 Å². The van der Waals surface area contributed by atoms with Gasteiger partial charge in [0.05, 0.1) is 30.2 Å². The topological polar surface area (TPSA) is 133 Å². The average molecular weight is 514 g/mol. The summed E-state index contributed by atoms with van der Waals surface area (Å²) in [6, 6.07) is 2.33. The summed E-state index contributed by atoms with van der Waals surface area (Å²) in [5, 5.41) is 2.68. The highest BCUT2D eigenvalue weighted by Crippen LogP contribution is 2.25. The molecule has 13 heteroatoms. The summed E-state index contributed by atoms with van der Waals surface area (Å²) < 4.78 is 32.1. The Hall–Kier alpha value is -4.26. The molecule has 4 rings (SSSR count). The van der Waals surface area contributed by atoms with E-state index in [1.807, 2.05) is 18.7 Å². The number of H-pyrrole nitrogens is 1. The number of nitrogens with one attached hydrogen (secondary N) is 2. The molecule has 1 aromatic carbocycles. The first-order valence-corrected chi connectivity index (χ1v) is 11.4.